The van der Waals surface area contributed by atoms with Crippen LogP contribution in [0.4, 0.5) is 4.39 Å². The quantitative estimate of drug-likeness (QED) is 0.853. The van der Waals surface area contributed by atoms with E-state index in [9.17, 15) is 9.18 Å². The van der Waals surface area contributed by atoms with Crippen molar-refractivity contribution < 1.29 is 19.0 Å². The van der Waals surface area contributed by atoms with Crippen LogP contribution >= 0.6 is 15.9 Å². The SMILES string of the molecule is Cc1nn(C)c(Oc2cc(Br)ccc2F)c1/C=C/C(=O)O. The summed E-state index contributed by atoms with van der Waals surface area (Å²) in [6.07, 6.45) is 2.35. The molecular weight excluding hydrogens is 343 g/mol. The molecule has 5 nitrogen and oxygen atoms in total. The molecule has 2 rings (SSSR count). The van der Waals surface area contributed by atoms with E-state index < -0.39 is 11.8 Å². The highest BCUT2D eigenvalue weighted by Crippen LogP contribution is 2.31. The van der Waals surface area contributed by atoms with Crippen molar-refractivity contribution in [2.24, 2.45) is 7.05 Å². The number of benzene rings is 1. The molecule has 1 aromatic heterocycles. The van der Waals surface area contributed by atoms with Crippen molar-refractivity contribution >= 4 is 28.0 Å². The van der Waals surface area contributed by atoms with Crippen molar-refractivity contribution in [2.75, 3.05) is 0 Å². The highest BCUT2D eigenvalue weighted by atomic mass is 79.9. The first-order valence-corrected chi connectivity index (χ1v) is 6.75. The summed E-state index contributed by atoms with van der Waals surface area (Å²) in [5.74, 6) is -1.32. The van der Waals surface area contributed by atoms with Crippen molar-refractivity contribution in [3.8, 4) is 11.6 Å². The number of rotatable bonds is 4. The lowest BCUT2D eigenvalue weighted by atomic mass is 10.2. The molecule has 0 aliphatic rings. The molecular formula is C14H12BrFN2O3. The van der Waals surface area contributed by atoms with E-state index in [1.807, 2.05) is 0 Å². The first-order valence-electron chi connectivity index (χ1n) is 5.96. The van der Waals surface area contributed by atoms with Crippen LogP contribution in [0, 0.1) is 12.7 Å². The third-order valence-corrected chi connectivity index (χ3v) is 3.20. The summed E-state index contributed by atoms with van der Waals surface area (Å²) in [4.78, 5) is 10.6. The molecule has 0 spiro atoms. The van der Waals surface area contributed by atoms with Gasteiger partial charge >= 0.3 is 5.97 Å². The first-order chi connectivity index (χ1) is 9.88. The number of ether oxygens (including phenoxy) is 1. The molecule has 1 heterocycles. The second kappa shape index (κ2) is 6.09. The molecule has 0 aliphatic carbocycles. The predicted molar refractivity (Wildman–Crippen MR) is 78.8 cm³/mol. The van der Waals surface area contributed by atoms with E-state index in [2.05, 4.69) is 21.0 Å². The summed E-state index contributed by atoms with van der Waals surface area (Å²) in [7, 11) is 1.64. The highest BCUT2D eigenvalue weighted by molar-refractivity contribution is 9.10. The number of carboxylic acid groups (broad SMARTS) is 1. The van der Waals surface area contributed by atoms with Gasteiger partial charge < -0.3 is 9.84 Å². The van der Waals surface area contributed by atoms with E-state index in [0.717, 1.165) is 6.08 Å². The maximum absolute atomic E-state index is 13.8. The molecule has 0 aliphatic heterocycles. The average molecular weight is 355 g/mol. The molecule has 0 amide bonds. The molecule has 2 aromatic rings. The zero-order chi connectivity index (χ0) is 15.6. The molecule has 7 heteroatoms. The molecule has 0 bridgehead atoms. The van der Waals surface area contributed by atoms with Crippen LogP contribution in [0.5, 0.6) is 11.6 Å². The summed E-state index contributed by atoms with van der Waals surface area (Å²) in [6.45, 7) is 1.71. The Morgan fingerprint density at radius 1 is 1.52 bits per heavy atom. The highest BCUT2D eigenvalue weighted by Gasteiger charge is 2.15. The minimum atomic E-state index is -1.09. The Labute approximate surface area is 128 Å². The maximum atomic E-state index is 13.8. The number of halogens is 2. The minimum Gasteiger partial charge on any atom is -0.478 e. The molecule has 0 saturated carbocycles. The van der Waals surface area contributed by atoms with Gasteiger partial charge in [-0.2, -0.15) is 5.10 Å². The van der Waals surface area contributed by atoms with Gasteiger partial charge in [-0.25, -0.2) is 13.9 Å². The second-order valence-corrected chi connectivity index (χ2v) is 5.19. The van der Waals surface area contributed by atoms with Crippen LogP contribution in [-0.2, 0) is 11.8 Å². The lowest BCUT2D eigenvalue weighted by Gasteiger charge is -2.08. The molecule has 110 valence electrons. The molecule has 1 aromatic carbocycles. The number of hydrogen-bond acceptors (Lipinski definition) is 3. The fourth-order valence-electron chi connectivity index (χ4n) is 1.78. The Bertz CT molecular complexity index is 725. The summed E-state index contributed by atoms with van der Waals surface area (Å²) >= 11 is 3.24. The summed E-state index contributed by atoms with van der Waals surface area (Å²) in [6, 6.07) is 4.32. The Kier molecular flexibility index (Phi) is 4.42. The third-order valence-electron chi connectivity index (χ3n) is 2.71. The van der Waals surface area contributed by atoms with Gasteiger partial charge in [0, 0.05) is 17.6 Å². The van der Waals surface area contributed by atoms with Gasteiger partial charge in [-0.1, -0.05) is 15.9 Å². The number of aromatic nitrogens is 2. The van der Waals surface area contributed by atoms with Crippen LogP contribution in [0.1, 0.15) is 11.3 Å². The Balaban J connectivity index is 2.44. The van der Waals surface area contributed by atoms with Gasteiger partial charge in [0.1, 0.15) is 0 Å². The lowest BCUT2D eigenvalue weighted by Crippen LogP contribution is -1.97. The van der Waals surface area contributed by atoms with Gasteiger partial charge in [-0.3, -0.25) is 0 Å². The van der Waals surface area contributed by atoms with E-state index in [4.69, 9.17) is 9.84 Å². The number of aliphatic carboxylic acids is 1. The van der Waals surface area contributed by atoms with Crippen LogP contribution < -0.4 is 4.74 Å². The van der Waals surface area contributed by atoms with Crippen molar-refractivity contribution in [3.05, 3.63) is 45.8 Å². The smallest absolute Gasteiger partial charge is 0.328 e. The maximum Gasteiger partial charge on any atom is 0.328 e. The monoisotopic (exact) mass is 354 g/mol. The van der Waals surface area contributed by atoms with E-state index in [1.54, 1.807) is 20.0 Å². The van der Waals surface area contributed by atoms with Gasteiger partial charge in [0.25, 0.3) is 0 Å². The van der Waals surface area contributed by atoms with Crippen molar-refractivity contribution in [1.82, 2.24) is 9.78 Å². The lowest BCUT2D eigenvalue weighted by molar-refractivity contribution is -0.131. The van der Waals surface area contributed by atoms with Gasteiger partial charge in [0.15, 0.2) is 11.6 Å². The summed E-state index contributed by atoms with van der Waals surface area (Å²) in [5.41, 5.74) is 1.07. The summed E-state index contributed by atoms with van der Waals surface area (Å²) < 4.78 is 21.4. The fraction of sp³-hybridized carbons (Fsp3) is 0.143. The van der Waals surface area contributed by atoms with Crippen molar-refractivity contribution in [1.29, 1.82) is 0 Å². The average Bonchev–Trinajstić information content (AvgIpc) is 2.66. The van der Waals surface area contributed by atoms with Gasteiger partial charge in [-0.15, -0.1) is 0 Å². The van der Waals surface area contributed by atoms with Crippen LogP contribution in [0.25, 0.3) is 6.08 Å². The zero-order valence-electron chi connectivity index (χ0n) is 11.3. The molecule has 0 radical (unpaired) electrons. The molecule has 21 heavy (non-hydrogen) atoms. The second-order valence-electron chi connectivity index (χ2n) is 4.28. The van der Waals surface area contributed by atoms with E-state index in [0.29, 0.717) is 15.7 Å². The number of carbonyl (C=O) groups is 1. The van der Waals surface area contributed by atoms with E-state index in [1.165, 1.54) is 22.9 Å². The molecule has 1 N–H and O–H groups in total. The minimum absolute atomic E-state index is 0.0253. The van der Waals surface area contributed by atoms with Gasteiger partial charge in [-0.05, 0) is 31.2 Å². The number of carboxylic acids is 1. The first kappa shape index (κ1) is 15.2. The van der Waals surface area contributed by atoms with Crippen LogP contribution in [0.2, 0.25) is 0 Å². The molecule has 0 unspecified atom stereocenters. The third kappa shape index (κ3) is 3.49. The molecule has 0 atom stereocenters. The zero-order valence-corrected chi connectivity index (χ0v) is 12.9. The topological polar surface area (TPSA) is 64.4 Å². The van der Waals surface area contributed by atoms with Crippen LogP contribution in [0.15, 0.2) is 28.7 Å². The fourth-order valence-corrected chi connectivity index (χ4v) is 2.12. The van der Waals surface area contributed by atoms with Crippen molar-refractivity contribution in [3.63, 3.8) is 0 Å². The number of hydrogen-bond donors (Lipinski definition) is 1. The standard InChI is InChI=1S/C14H12BrFN2O3/c1-8-10(4-6-13(19)20)14(18(2)17-8)21-12-7-9(15)3-5-11(12)16/h3-7H,1-2H3,(H,19,20)/b6-4+. The molecule has 0 fully saturated rings. The number of aryl methyl sites for hydroxylation is 2. The van der Waals surface area contributed by atoms with Crippen molar-refractivity contribution in [2.45, 2.75) is 6.92 Å². The van der Waals surface area contributed by atoms with Gasteiger partial charge in [0.2, 0.25) is 5.88 Å². The summed E-state index contributed by atoms with van der Waals surface area (Å²) in [5, 5.41) is 12.9. The van der Waals surface area contributed by atoms with E-state index >= 15 is 0 Å². The largest absolute Gasteiger partial charge is 0.478 e. The Morgan fingerprint density at radius 3 is 2.90 bits per heavy atom. The predicted octanol–water partition coefficient (Wildman–Crippen LogP) is 3.52. The van der Waals surface area contributed by atoms with Gasteiger partial charge in [0.05, 0.1) is 11.3 Å². The van der Waals surface area contributed by atoms with Crippen LogP contribution in [-0.4, -0.2) is 20.9 Å². The Morgan fingerprint density at radius 2 is 2.24 bits per heavy atom. The van der Waals surface area contributed by atoms with E-state index in [-0.39, 0.29) is 11.6 Å². The van der Waals surface area contributed by atoms with Crippen LogP contribution in [0.3, 0.4) is 0 Å². The number of nitrogens with zero attached hydrogens (tertiary/aromatic N) is 2. The Hall–Kier alpha value is -2.15. The normalized spacial score (nSPS) is 11.0. The molecule has 0 saturated heterocycles.